The summed E-state index contributed by atoms with van der Waals surface area (Å²) in [5.74, 6) is 0.694. The van der Waals surface area contributed by atoms with E-state index in [4.69, 9.17) is 11.6 Å². The first-order chi connectivity index (χ1) is 11.0. The Kier molecular flexibility index (Phi) is 4.68. The van der Waals surface area contributed by atoms with E-state index >= 15 is 0 Å². The molecule has 1 aromatic carbocycles. The van der Waals surface area contributed by atoms with Crippen molar-refractivity contribution < 1.29 is 4.90 Å². The van der Waals surface area contributed by atoms with E-state index in [2.05, 4.69) is 21.9 Å². The minimum atomic E-state index is -0.0475. The number of H-pyrrole nitrogens is 1. The molecule has 1 fully saturated rings. The Morgan fingerprint density at radius 2 is 1.91 bits per heavy atom. The molecule has 0 aliphatic carbocycles. The molecule has 1 aliphatic heterocycles. The van der Waals surface area contributed by atoms with Gasteiger partial charge in [0.25, 0.3) is 5.56 Å². The number of piperazine rings is 1. The number of quaternary nitrogens is 1. The number of hydrogen-bond acceptors (Lipinski definition) is 3. The third-order valence-corrected chi connectivity index (χ3v) is 4.67. The van der Waals surface area contributed by atoms with Gasteiger partial charge in [0.2, 0.25) is 5.95 Å². The Balaban J connectivity index is 1.83. The fraction of sp³-hybridized carbons (Fsp3) is 0.412. The Labute approximate surface area is 140 Å². The van der Waals surface area contributed by atoms with Crippen molar-refractivity contribution in [2.75, 3.05) is 38.1 Å². The number of aryl methyl sites for hydroxylation is 1. The highest BCUT2D eigenvalue weighted by atomic mass is 35.5. The molecule has 1 aromatic heterocycles. The number of anilines is 1. The van der Waals surface area contributed by atoms with Crippen molar-refractivity contribution in [2.24, 2.45) is 0 Å². The van der Waals surface area contributed by atoms with Gasteiger partial charge < -0.3 is 9.80 Å². The first kappa shape index (κ1) is 16.0. The summed E-state index contributed by atoms with van der Waals surface area (Å²) in [5.41, 5.74) is 2.52. The number of nitrogens with zero attached hydrogens (tertiary/aromatic N) is 2. The van der Waals surface area contributed by atoms with Crippen molar-refractivity contribution in [3.05, 3.63) is 56.5 Å². The summed E-state index contributed by atoms with van der Waals surface area (Å²) >= 11 is 5.91. The molecule has 2 N–H and O–H groups in total. The minimum absolute atomic E-state index is 0.0475. The van der Waals surface area contributed by atoms with Crippen molar-refractivity contribution in [2.45, 2.75) is 13.3 Å². The zero-order valence-corrected chi connectivity index (χ0v) is 14.3. The largest absolute Gasteiger partial charge is 0.334 e. The van der Waals surface area contributed by atoms with E-state index in [0.29, 0.717) is 17.4 Å². The Morgan fingerprint density at radius 3 is 2.52 bits per heavy atom. The maximum Gasteiger partial charge on any atom is 0.256 e. The Bertz CT molecular complexity index is 733. The number of likely N-dealkylation sites (N-methyl/N-ethyl adjacent to an activating group) is 1. The van der Waals surface area contributed by atoms with Crippen LogP contribution in [0.5, 0.6) is 0 Å². The lowest BCUT2D eigenvalue weighted by Gasteiger charge is -2.30. The van der Waals surface area contributed by atoms with Gasteiger partial charge in [-0.1, -0.05) is 23.7 Å². The molecule has 0 radical (unpaired) electrons. The average Bonchev–Trinajstić information content (AvgIpc) is 2.53. The van der Waals surface area contributed by atoms with Gasteiger partial charge in [-0.15, -0.1) is 0 Å². The fourth-order valence-corrected chi connectivity index (χ4v) is 2.99. The Hall–Kier alpha value is -1.85. The molecular formula is C17H22ClN4O+. The first-order valence-corrected chi connectivity index (χ1v) is 8.31. The predicted octanol–water partition coefficient (Wildman–Crippen LogP) is 0.657. The monoisotopic (exact) mass is 333 g/mol. The topological polar surface area (TPSA) is 53.4 Å². The third kappa shape index (κ3) is 3.74. The van der Waals surface area contributed by atoms with Crippen LogP contribution < -0.4 is 15.4 Å². The number of rotatable bonds is 3. The lowest BCUT2D eigenvalue weighted by atomic mass is 10.1. The van der Waals surface area contributed by atoms with Gasteiger partial charge in [0.1, 0.15) is 0 Å². The zero-order valence-electron chi connectivity index (χ0n) is 13.5. The van der Waals surface area contributed by atoms with Gasteiger partial charge in [-0.3, -0.25) is 9.78 Å². The number of aromatic nitrogens is 2. The van der Waals surface area contributed by atoms with E-state index in [1.165, 1.54) is 4.90 Å². The van der Waals surface area contributed by atoms with Crippen LogP contribution in [0.2, 0.25) is 5.02 Å². The van der Waals surface area contributed by atoms with Crippen LogP contribution >= 0.6 is 11.6 Å². The van der Waals surface area contributed by atoms with Gasteiger partial charge >= 0.3 is 0 Å². The van der Waals surface area contributed by atoms with E-state index in [0.717, 1.165) is 43.0 Å². The molecule has 3 rings (SSSR count). The number of halogens is 1. The first-order valence-electron chi connectivity index (χ1n) is 7.93. The van der Waals surface area contributed by atoms with Crippen LogP contribution in [0.25, 0.3) is 0 Å². The van der Waals surface area contributed by atoms with E-state index in [1.54, 1.807) is 0 Å². The van der Waals surface area contributed by atoms with Gasteiger partial charge in [-0.25, -0.2) is 4.98 Å². The van der Waals surface area contributed by atoms with E-state index in [-0.39, 0.29) is 5.56 Å². The number of benzene rings is 1. The number of aromatic amines is 1. The summed E-state index contributed by atoms with van der Waals surface area (Å²) in [6, 6.07) is 7.57. The lowest BCUT2D eigenvalue weighted by molar-refractivity contribution is -0.880. The van der Waals surface area contributed by atoms with Gasteiger partial charge in [-0.05, 0) is 24.6 Å². The second kappa shape index (κ2) is 6.72. The van der Waals surface area contributed by atoms with E-state index in [9.17, 15) is 4.79 Å². The molecule has 0 atom stereocenters. The summed E-state index contributed by atoms with van der Waals surface area (Å²) in [7, 11) is 2.19. The van der Waals surface area contributed by atoms with Crippen molar-refractivity contribution in [3.8, 4) is 0 Å². The predicted molar refractivity (Wildman–Crippen MR) is 92.7 cm³/mol. The molecule has 2 aromatic rings. The van der Waals surface area contributed by atoms with Gasteiger partial charge in [-0.2, -0.15) is 0 Å². The van der Waals surface area contributed by atoms with Crippen molar-refractivity contribution in [1.29, 1.82) is 0 Å². The molecule has 6 heteroatoms. The molecule has 5 nitrogen and oxygen atoms in total. The second-order valence-corrected chi connectivity index (χ2v) is 6.64. The van der Waals surface area contributed by atoms with Crippen LogP contribution in [-0.2, 0) is 6.42 Å². The van der Waals surface area contributed by atoms with E-state index < -0.39 is 0 Å². The highest BCUT2D eigenvalue weighted by molar-refractivity contribution is 6.30. The third-order valence-electron chi connectivity index (χ3n) is 4.42. The molecule has 1 aliphatic rings. The summed E-state index contributed by atoms with van der Waals surface area (Å²) in [6.45, 7) is 5.88. The highest BCUT2D eigenvalue weighted by Gasteiger charge is 2.20. The summed E-state index contributed by atoms with van der Waals surface area (Å²) in [4.78, 5) is 23.7. The van der Waals surface area contributed by atoms with Crippen LogP contribution in [0.15, 0.2) is 29.1 Å². The minimum Gasteiger partial charge on any atom is -0.334 e. The molecule has 0 spiro atoms. The van der Waals surface area contributed by atoms with Crippen molar-refractivity contribution in [1.82, 2.24) is 9.97 Å². The van der Waals surface area contributed by atoms with Crippen LogP contribution in [-0.4, -0.2) is 43.2 Å². The normalized spacial score (nSPS) is 15.9. The number of nitrogens with one attached hydrogen (secondary N) is 2. The molecule has 122 valence electrons. The van der Waals surface area contributed by atoms with Gasteiger partial charge in [0.15, 0.2) is 0 Å². The summed E-state index contributed by atoms with van der Waals surface area (Å²) < 4.78 is 0. The van der Waals surface area contributed by atoms with Gasteiger partial charge in [0, 0.05) is 17.0 Å². The second-order valence-electron chi connectivity index (χ2n) is 6.20. The van der Waals surface area contributed by atoms with Crippen LogP contribution in [0.3, 0.4) is 0 Å². The average molecular weight is 334 g/mol. The molecule has 0 amide bonds. The highest BCUT2D eigenvalue weighted by Crippen LogP contribution is 2.14. The molecule has 0 unspecified atom stereocenters. The Morgan fingerprint density at radius 1 is 1.26 bits per heavy atom. The maximum absolute atomic E-state index is 12.5. The lowest BCUT2D eigenvalue weighted by Crippen LogP contribution is -3.12. The molecule has 2 heterocycles. The molecular weight excluding hydrogens is 312 g/mol. The summed E-state index contributed by atoms with van der Waals surface area (Å²) in [6.07, 6.45) is 0.568. The quantitative estimate of drug-likeness (QED) is 0.867. The smallest absolute Gasteiger partial charge is 0.256 e. The summed E-state index contributed by atoms with van der Waals surface area (Å²) in [5, 5.41) is 0.699. The van der Waals surface area contributed by atoms with Gasteiger partial charge in [0.05, 0.1) is 38.9 Å². The molecule has 23 heavy (non-hydrogen) atoms. The van der Waals surface area contributed by atoms with Crippen LogP contribution in [0, 0.1) is 6.92 Å². The molecule has 0 bridgehead atoms. The van der Waals surface area contributed by atoms with Crippen molar-refractivity contribution in [3.63, 3.8) is 0 Å². The van der Waals surface area contributed by atoms with Crippen LogP contribution in [0.4, 0.5) is 5.95 Å². The maximum atomic E-state index is 12.5. The molecule has 1 saturated heterocycles. The van der Waals surface area contributed by atoms with Crippen molar-refractivity contribution >= 4 is 17.5 Å². The SMILES string of the molecule is Cc1nc(N2CC[NH+](C)CC2)[nH]c(=O)c1Cc1ccc(Cl)cc1. The standard InChI is InChI=1S/C17H21ClN4O/c1-12-15(11-13-3-5-14(18)6-4-13)16(23)20-17(19-12)22-9-7-21(2)8-10-22/h3-6H,7-11H2,1-2H3,(H,19,20,23)/p+1. The van der Waals surface area contributed by atoms with E-state index in [1.807, 2.05) is 31.2 Å². The molecule has 0 saturated carbocycles. The van der Waals surface area contributed by atoms with Crippen LogP contribution in [0.1, 0.15) is 16.8 Å². The number of hydrogen-bond donors (Lipinski definition) is 2. The fourth-order valence-electron chi connectivity index (χ4n) is 2.86. The zero-order chi connectivity index (χ0) is 16.4.